The zero-order chi connectivity index (χ0) is 15.4. The lowest BCUT2D eigenvalue weighted by atomic mass is 10.2. The predicted molar refractivity (Wildman–Crippen MR) is 80.3 cm³/mol. The van der Waals surface area contributed by atoms with Gasteiger partial charge in [-0.2, -0.15) is 16.9 Å². The fourth-order valence-electron chi connectivity index (χ4n) is 2.35. The van der Waals surface area contributed by atoms with Crippen molar-refractivity contribution in [3.63, 3.8) is 0 Å². The molecule has 2 rings (SSSR count). The minimum atomic E-state index is -0.951. The Morgan fingerprint density at radius 1 is 1.57 bits per heavy atom. The van der Waals surface area contributed by atoms with E-state index in [1.165, 1.54) is 4.90 Å². The van der Waals surface area contributed by atoms with Crippen LogP contribution < -0.4 is 5.32 Å². The molecule has 8 heteroatoms. The van der Waals surface area contributed by atoms with Crippen LogP contribution in [0.15, 0.2) is 6.20 Å². The molecule has 0 bridgehead atoms. The van der Waals surface area contributed by atoms with E-state index in [9.17, 15) is 14.7 Å². The summed E-state index contributed by atoms with van der Waals surface area (Å²) >= 11 is 1.56. The van der Waals surface area contributed by atoms with Crippen LogP contribution in [-0.4, -0.2) is 55.9 Å². The van der Waals surface area contributed by atoms with Gasteiger partial charge in [0.2, 0.25) is 0 Å². The molecule has 1 atom stereocenters. The average molecular weight is 312 g/mol. The van der Waals surface area contributed by atoms with Crippen LogP contribution in [0.3, 0.4) is 0 Å². The Labute approximate surface area is 127 Å². The Bertz CT molecular complexity index is 531. The van der Waals surface area contributed by atoms with Crippen molar-refractivity contribution in [1.29, 1.82) is 0 Å². The number of rotatable bonds is 4. The number of carbonyl (C=O) groups excluding carboxylic acids is 1. The van der Waals surface area contributed by atoms with Crippen LogP contribution in [-0.2, 0) is 24.8 Å². The lowest BCUT2D eigenvalue weighted by Gasteiger charge is -2.32. The van der Waals surface area contributed by atoms with Crippen molar-refractivity contribution < 1.29 is 14.7 Å². The summed E-state index contributed by atoms with van der Waals surface area (Å²) in [5.74, 6) is 0.258. The number of aliphatic carboxylic acids is 1. The fraction of sp³-hybridized carbons (Fsp3) is 0.615. The molecule has 0 aromatic carbocycles. The molecule has 0 radical (unpaired) electrons. The van der Waals surface area contributed by atoms with Crippen LogP contribution in [0.2, 0.25) is 0 Å². The quantitative estimate of drug-likeness (QED) is 0.854. The molecule has 1 saturated heterocycles. The minimum Gasteiger partial charge on any atom is -0.480 e. The van der Waals surface area contributed by atoms with Gasteiger partial charge in [0.15, 0.2) is 0 Å². The first kappa shape index (κ1) is 15.7. The van der Waals surface area contributed by atoms with Crippen LogP contribution in [0.4, 0.5) is 4.79 Å². The smallest absolute Gasteiger partial charge is 0.327 e. The number of hydrogen-bond acceptors (Lipinski definition) is 4. The molecule has 1 fully saturated rings. The number of urea groups is 1. The molecule has 1 aromatic rings. The summed E-state index contributed by atoms with van der Waals surface area (Å²) in [6.45, 7) is 2.84. The third kappa shape index (κ3) is 3.69. The molecular weight excluding hydrogens is 292 g/mol. The van der Waals surface area contributed by atoms with Crippen molar-refractivity contribution >= 4 is 23.8 Å². The van der Waals surface area contributed by atoms with Gasteiger partial charge in [0, 0.05) is 43.4 Å². The van der Waals surface area contributed by atoms with Gasteiger partial charge < -0.3 is 15.3 Å². The Balaban J connectivity index is 1.98. The summed E-state index contributed by atoms with van der Waals surface area (Å²) in [5.41, 5.74) is 1.91. The van der Waals surface area contributed by atoms with Crippen molar-refractivity contribution in [3.05, 3.63) is 17.5 Å². The molecule has 1 aliphatic rings. The lowest BCUT2D eigenvalue weighted by Crippen LogP contribution is -2.53. The number of nitrogens with one attached hydrogen (secondary N) is 1. The highest BCUT2D eigenvalue weighted by atomic mass is 32.2. The largest absolute Gasteiger partial charge is 0.480 e. The van der Waals surface area contributed by atoms with Gasteiger partial charge in [0.25, 0.3) is 0 Å². The highest BCUT2D eigenvalue weighted by Crippen LogP contribution is 2.17. The average Bonchev–Trinajstić information content (AvgIpc) is 2.84. The fourth-order valence-corrected chi connectivity index (χ4v) is 3.39. The van der Waals surface area contributed by atoms with Crippen LogP contribution in [0.25, 0.3) is 0 Å². The van der Waals surface area contributed by atoms with Gasteiger partial charge in [-0.3, -0.25) is 4.68 Å². The summed E-state index contributed by atoms with van der Waals surface area (Å²) in [6.07, 6.45) is 2.67. The Kier molecular flexibility index (Phi) is 5.11. The van der Waals surface area contributed by atoms with E-state index in [-0.39, 0.29) is 6.03 Å². The van der Waals surface area contributed by atoms with Crippen LogP contribution in [0, 0.1) is 0 Å². The van der Waals surface area contributed by atoms with Gasteiger partial charge in [0.05, 0.1) is 5.69 Å². The Morgan fingerprint density at radius 3 is 3.00 bits per heavy atom. The van der Waals surface area contributed by atoms with Crippen molar-refractivity contribution in [1.82, 2.24) is 20.0 Å². The maximum absolute atomic E-state index is 12.2. The van der Waals surface area contributed by atoms with Crippen molar-refractivity contribution in [2.75, 3.05) is 18.1 Å². The molecule has 0 spiro atoms. The molecule has 0 saturated carbocycles. The van der Waals surface area contributed by atoms with Crippen molar-refractivity contribution in [2.45, 2.75) is 25.9 Å². The van der Waals surface area contributed by atoms with Gasteiger partial charge in [-0.25, -0.2) is 9.59 Å². The van der Waals surface area contributed by atoms with E-state index in [4.69, 9.17) is 0 Å². The third-order valence-electron chi connectivity index (χ3n) is 3.43. The van der Waals surface area contributed by atoms with E-state index >= 15 is 0 Å². The number of carbonyl (C=O) groups is 2. The number of nitrogens with zero attached hydrogens (tertiary/aromatic N) is 3. The van der Waals surface area contributed by atoms with E-state index in [2.05, 4.69) is 10.4 Å². The van der Waals surface area contributed by atoms with Crippen molar-refractivity contribution in [2.24, 2.45) is 7.05 Å². The monoisotopic (exact) mass is 312 g/mol. The van der Waals surface area contributed by atoms with E-state index in [0.29, 0.717) is 18.8 Å². The summed E-state index contributed by atoms with van der Waals surface area (Å²) in [7, 11) is 1.84. The maximum atomic E-state index is 12.2. The van der Waals surface area contributed by atoms with Crippen LogP contribution in [0.1, 0.15) is 18.2 Å². The number of amides is 2. The molecule has 2 heterocycles. The second-order valence-electron chi connectivity index (χ2n) is 4.91. The number of thioether (sulfide) groups is 1. The normalized spacial score (nSPS) is 18.6. The standard InChI is InChI=1S/C13H20N4O3S/c1-3-10-9(7-16(2)15-10)6-14-13(20)17-4-5-21-8-11(17)12(18)19/h7,11H,3-6,8H2,1-2H3,(H,14,20)(H,18,19). The molecule has 2 N–H and O–H groups in total. The highest BCUT2D eigenvalue weighted by Gasteiger charge is 2.32. The summed E-state index contributed by atoms with van der Waals surface area (Å²) in [5, 5.41) is 16.3. The molecule has 0 aliphatic carbocycles. The SMILES string of the molecule is CCc1nn(C)cc1CNC(=O)N1CCSCC1C(=O)O. The summed E-state index contributed by atoms with van der Waals surface area (Å²) in [6, 6.07) is -1.07. The third-order valence-corrected chi connectivity index (χ3v) is 4.45. The van der Waals surface area contributed by atoms with Crippen LogP contribution >= 0.6 is 11.8 Å². The van der Waals surface area contributed by atoms with Gasteiger partial charge in [-0.05, 0) is 6.42 Å². The molecule has 2 amide bonds. The van der Waals surface area contributed by atoms with Crippen molar-refractivity contribution in [3.8, 4) is 0 Å². The summed E-state index contributed by atoms with van der Waals surface area (Å²) in [4.78, 5) is 24.8. The molecular formula is C13H20N4O3S. The topological polar surface area (TPSA) is 87.5 Å². The lowest BCUT2D eigenvalue weighted by molar-refractivity contribution is -0.141. The predicted octanol–water partition coefficient (Wildman–Crippen LogP) is 0.694. The van der Waals surface area contributed by atoms with E-state index in [0.717, 1.165) is 23.4 Å². The van der Waals surface area contributed by atoms with Gasteiger partial charge in [0.1, 0.15) is 6.04 Å². The molecule has 1 aromatic heterocycles. The minimum absolute atomic E-state index is 0.325. The maximum Gasteiger partial charge on any atom is 0.327 e. The Hall–Kier alpha value is -1.70. The van der Waals surface area contributed by atoms with E-state index in [1.807, 2.05) is 20.2 Å². The van der Waals surface area contributed by atoms with E-state index < -0.39 is 12.0 Å². The molecule has 7 nitrogen and oxygen atoms in total. The summed E-state index contributed by atoms with van der Waals surface area (Å²) < 4.78 is 1.72. The number of hydrogen-bond donors (Lipinski definition) is 2. The second kappa shape index (κ2) is 6.84. The zero-order valence-corrected chi connectivity index (χ0v) is 13.0. The molecule has 21 heavy (non-hydrogen) atoms. The number of aromatic nitrogens is 2. The van der Waals surface area contributed by atoms with Gasteiger partial charge in [-0.15, -0.1) is 0 Å². The second-order valence-corrected chi connectivity index (χ2v) is 6.06. The Morgan fingerprint density at radius 2 is 2.33 bits per heavy atom. The number of carboxylic acid groups (broad SMARTS) is 1. The molecule has 116 valence electrons. The van der Waals surface area contributed by atoms with Crippen LogP contribution in [0.5, 0.6) is 0 Å². The van der Waals surface area contributed by atoms with Gasteiger partial charge in [-0.1, -0.05) is 6.92 Å². The van der Waals surface area contributed by atoms with Gasteiger partial charge >= 0.3 is 12.0 Å². The number of aryl methyl sites for hydroxylation is 2. The first-order chi connectivity index (χ1) is 10.0. The molecule has 1 unspecified atom stereocenters. The number of carboxylic acids is 1. The molecule has 1 aliphatic heterocycles. The first-order valence-corrected chi connectivity index (χ1v) is 8.04. The highest BCUT2D eigenvalue weighted by molar-refractivity contribution is 7.99. The first-order valence-electron chi connectivity index (χ1n) is 6.89. The zero-order valence-electron chi connectivity index (χ0n) is 12.2. The van der Waals surface area contributed by atoms with E-state index in [1.54, 1.807) is 16.4 Å².